The molecular formula is C11H14O. The molecule has 0 bridgehead atoms. The molecule has 0 amide bonds. The van der Waals surface area contributed by atoms with Crippen LogP contribution in [0.3, 0.4) is 0 Å². The summed E-state index contributed by atoms with van der Waals surface area (Å²) in [5.74, 6) is 0. The van der Waals surface area contributed by atoms with Gasteiger partial charge in [0.15, 0.2) is 0 Å². The average Bonchev–Trinajstić information content (AvgIpc) is 2.05. The fourth-order valence-electron chi connectivity index (χ4n) is 1.16. The normalized spacial score (nSPS) is 14.4. The zero-order chi connectivity index (χ0) is 8.97. The molecule has 12 heavy (non-hydrogen) atoms. The minimum absolute atomic E-state index is 0.370. The van der Waals surface area contributed by atoms with Crippen molar-refractivity contribution in [1.29, 1.82) is 0 Å². The maximum Gasteiger partial charge on any atom is 0.0698 e. The third-order valence-electron chi connectivity index (χ3n) is 1.72. The molecule has 0 saturated heterocycles. The third-order valence-corrected chi connectivity index (χ3v) is 1.72. The number of allylic oxidation sites excluding steroid dienone is 1. The summed E-state index contributed by atoms with van der Waals surface area (Å²) in [7, 11) is 0. The highest BCUT2D eigenvalue weighted by Gasteiger charge is 1.95. The highest BCUT2D eigenvalue weighted by atomic mass is 16.3. The van der Waals surface area contributed by atoms with Crippen molar-refractivity contribution in [3.05, 3.63) is 42.0 Å². The van der Waals surface area contributed by atoms with Crippen LogP contribution in [0.5, 0.6) is 0 Å². The molecule has 0 fully saturated rings. The number of rotatable bonds is 2. The Hall–Kier alpha value is -1.08. The molecule has 0 aromatic heterocycles. The molecule has 1 N–H and O–H groups in total. The van der Waals surface area contributed by atoms with Gasteiger partial charge in [-0.05, 0) is 25.0 Å². The first kappa shape index (κ1) is 9.01. The Labute approximate surface area is 73.4 Å². The van der Waals surface area contributed by atoms with Gasteiger partial charge in [-0.15, -0.1) is 0 Å². The largest absolute Gasteiger partial charge is 0.389 e. The quantitative estimate of drug-likeness (QED) is 0.708. The summed E-state index contributed by atoms with van der Waals surface area (Å²) in [6, 6.07) is 10.0. The van der Waals surface area contributed by atoms with Gasteiger partial charge in [0.25, 0.3) is 0 Å². The van der Waals surface area contributed by atoms with Crippen molar-refractivity contribution in [1.82, 2.24) is 0 Å². The highest BCUT2D eigenvalue weighted by Crippen LogP contribution is 2.12. The van der Waals surface area contributed by atoms with Crippen LogP contribution in [-0.2, 0) is 0 Å². The summed E-state index contributed by atoms with van der Waals surface area (Å²) in [5, 5.41) is 9.11. The summed E-state index contributed by atoms with van der Waals surface area (Å²) in [5.41, 5.74) is 2.28. The molecule has 0 radical (unpaired) electrons. The topological polar surface area (TPSA) is 20.2 Å². The Kier molecular flexibility index (Phi) is 3.06. The van der Waals surface area contributed by atoms with E-state index in [4.69, 9.17) is 5.11 Å². The summed E-state index contributed by atoms with van der Waals surface area (Å²) in [4.78, 5) is 0. The Bertz CT molecular complexity index is 260. The number of hydrogen-bond donors (Lipinski definition) is 1. The lowest BCUT2D eigenvalue weighted by Crippen LogP contribution is -1.94. The molecule has 0 saturated carbocycles. The average molecular weight is 162 g/mol. The fraction of sp³-hybridized carbons (Fsp3) is 0.273. The van der Waals surface area contributed by atoms with Crippen LogP contribution in [0.2, 0.25) is 0 Å². The maximum atomic E-state index is 9.11. The fourth-order valence-corrected chi connectivity index (χ4v) is 1.16. The van der Waals surface area contributed by atoms with Crippen LogP contribution in [0.25, 0.3) is 5.57 Å². The molecule has 0 unspecified atom stereocenters. The van der Waals surface area contributed by atoms with E-state index >= 15 is 0 Å². The Morgan fingerprint density at radius 3 is 2.42 bits per heavy atom. The molecule has 1 rings (SSSR count). The van der Waals surface area contributed by atoms with Crippen LogP contribution < -0.4 is 0 Å². The third kappa shape index (κ3) is 2.51. The Morgan fingerprint density at radius 2 is 1.92 bits per heavy atom. The van der Waals surface area contributed by atoms with Gasteiger partial charge in [0.2, 0.25) is 0 Å². The second-order valence-electron chi connectivity index (χ2n) is 2.96. The first-order valence-corrected chi connectivity index (χ1v) is 4.12. The number of aliphatic hydroxyl groups is 1. The molecule has 64 valence electrons. The molecule has 1 aromatic rings. The zero-order valence-electron chi connectivity index (χ0n) is 7.49. The second kappa shape index (κ2) is 4.07. The predicted octanol–water partition coefficient (Wildman–Crippen LogP) is 2.47. The molecule has 0 aliphatic heterocycles. The van der Waals surface area contributed by atoms with Crippen molar-refractivity contribution in [3.63, 3.8) is 0 Å². The van der Waals surface area contributed by atoms with E-state index < -0.39 is 0 Å². The van der Waals surface area contributed by atoms with E-state index in [2.05, 4.69) is 0 Å². The van der Waals surface area contributed by atoms with Crippen LogP contribution >= 0.6 is 0 Å². The van der Waals surface area contributed by atoms with Crippen molar-refractivity contribution in [2.24, 2.45) is 0 Å². The summed E-state index contributed by atoms with van der Waals surface area (Å²) in [6.07, 6.45) is 1.47. The second-order valence-corrected chi connectivity index (χ2v) is 2.96. The van der Waals surface area contributed by atoms with Gasteiger partial charge in [-0.25, -0.2) is 0 Å². The first-order chi connectivity index (χ1) is 5.70. The Morgan fingerprint density at radius 1 is 1.33 bits per heavy atom. The van der Waals surface area contributed by atoms with E-state index in [1.165, 1.54) is 5.56 Å². The van der Waals surface area contributed by atoms with Crippen LogP contribution in [0.1, 0.15) is 19.4 Å². The van der Waals surface area contributed by atoms with Gasteiger partial charge in [0.1, 0.15) is 0 Å². The van der Waals surface area contributed by atoms with Crippen LogP contribution in [-0.4, -0.2) is 11.2 Å². The minimum atomic E-state index is -0.370. The standard InChI is InChI=1S/C11H14O/c1-9(8-10(2)12)11-6-4-3-5-7-11/h3-8,10,12H,1-2H3/b9-8+/t10-/m1/s1. The SMILES string of the molecule is C/C(=C\[C@@H](C)O)c1ccccc1. The van der Waals surface area contributed by atoms with E-state index in [0.717, 1.165) is 5.57 Å². The van der Waals surface area contributed by atoms with Gasteiger partial charge < -0.3 is 5.11 Å². The number of hydrogen-bond acceptors (Lipinski definition) is 1. The van der Waals surface area contributed by atoms with E-state index in [1.807, 2.05) is 43.3 Å². The molecule has 1 nitrogen and oxygen atoms in total. The lowest BCUT2D eigenvalue weighted by atomic mass is 10.1. The van der Waals surface area contributed by atoms with Crippen LogP contribution in [0, 0.1) is 0 Å². The van der Waals surface area contributed by atoms with Crippen molar-refractivity contribution in [2.75, 3.05) is 0 Å². The first-order valence-electron chi connectivity index (χ1n) is 4.12. The van der Waals surface area contributed by atoms with Crippen LogP contribution in [0.15, 0.2) is 36.4 Å². The van der Waals surface area contributed by atoms with Crippen molar-refractivity contribution in [3.8, 4) is 0 Å². The summed E-state index contributed by atoms with van der Waals surface area (Å²) >= 11 is 0. The predicted molar refractivity (Wildman–Crippen MR) is 51.8 cm³/mol. The lowest BCUT2D eigenvalue weighted by molar-refractivity contribution is 0.244. The summed E-state index contributed by atoms with van der Waals surface area (Å²) in [6.45, 7) is 3.76. The van der Waals surface area contributed by atoms with Crippen molar-refractivity contribution < 1.29 is 5.11 Å². The van der Waals surface area contributed by atoms with Gasteiger partial charge in [-0.1, -0.05) is 36.4 Å². The molecule has 1 heteroatoms. The Balaban J connectivity index is 2.85. The van der Waals surface area contributed by atoms with Gasteiger partial charge >= 0.3 is 0 Å². The van der Waals surface area contributed by atoms with Crippen molar-refractivity contribution in [2.45, 2.75) is 20.0 Å². The van der Waals surface area contributed by atoms with Gasteiger partial charge in [0.05, 0.1) is 6.10 Å². The van der Waals surface area contributed by atoms with E-state index in [0.29, 0.717) is 0 Å². The van der Waals surface area contributed by atoms with Crippen molar-refractivity contribution >= 4 is 5.57 Å². The molecular weight excluding hydrogens is 148 g/mol. The smallest absolute Gasteiger partial charge is 0.0698 e. The van der Waals surface area contributed by atoms with Gasteiger partial charge in [-0.3, -0.25) is 0 Å². The minimum Gasteiger partial charge on any atom is -0.389 e. The lowest BCUT2D eigenvalue weighted by Gasteiger charge is -2.02. The van der Waals surface area contributed by atoms with Gasteiger partial charge in [-0.2, -0.15) is 0 Å². The molecule has 0 aliphatic rings. The molecule has 1 atom stereocenters. The van der Waals surface area contributed by atoms with Crippen LogP contribution in [0.4, 0.5) is 0 Å². The van der Waals surface area contributed by atoms with E-state index in [1.54, 1.807) is 6.92 Å². The monoisotopic (exact) mass is 162 g/mol. The highest BCUT2D eigenvalue weighted by molar-refractivity contribution is 5.63. The van der Waals surface area contributed by atoms with Gasteiger partial charge in [0, 0.05) is 0 Å². The summed E-state index contributed by atoms with van der Waals surface area (Å²) < 4.78 is 0. The van der Waals surface area contributed by atoms with E-state index in [9.17, 15) is 0 Å². The molecule has 1 aromatic carbocycles. The molecule has 0 spiro atoms. The van der Waals surface area contributed by atoms with E-state index in [-0.39, 0.29) is 6.10 Å². The molecule has 0 heterocycles. The number of benzene rings is 1. The maximum absolute atomic E-state index is 9.11. The zero-order valence-corrected chi connectivity index (χ0v) is 7.49. The number of aliphatic hydroxyl groups excluding tert-OH is 1. The molecule has 0 aliphatic carbocycles.